The highest BCUT2D eigenvalue weighted by Gasteiger charge is 2.71. The van der Waals surface area contributed by atoms with Crippen LogP contribution < -0.4 is 0 Å². The first-order valence-corrected chi connectivity index (χ1v) is 7.17. The number of allylic oxidation sites excluding steroid dienone is 1. The fourth-order valence-electron chi connectivity index (χ4n) is 3.36. The van der Waals surface area contributed by atoms with Gasteiger partial charge in [-0.2, -0.15) is 0 Å². The molecule has 86 valence electrons. The second-order valence-electron chi connectivity index (χ2n) is 5.22. The molecule has 0 aromatic carbocycles. The maximum Gasteiger partial charge on any atom is 0.177 e. The van der Waals surface area contributed by atoms with Crippen molar-refractivity contribution in [1.29, 1.82) is 0 Å². The first kappa shape index (κ1) is 11.5. The van der Waals surface area contributed by atoms with Crippen LogP contribution in [-0.2, 0) is 9.84 Å². The van der Waals surface area contributed by atoms with Crippen molar-refractivity contribution in [2.45, 2.75) is 44.1 Å². The molecule has 2 bridgehead atoms. The van der Waals surface area contributed by atoms with Crippen molar-refractivity contribution in [3.8, 4) is 0 Å². The number of rotatable bonds is 0. The molecule has 0 aromatic heterocycles. The first-order valence-electron chi connectivity index (χ1n) is 5.18. The van der Waals surface area contributed by atoms with Crippen LogP contribution in [0.4, 0.5) is 0 Å². The van der Waals surface area contributed by atoms with E-state index in [0.717, 1.165) is 11.1 Å². The smallest absolute Gasteiger partial charge is 0.177 e. The average Bonchev–Trinajstić information content (AvgIpc) is 2.37. The van der Waals surface area contributed by atoms with Gasteiger partial charge in [-0.3, -0.25) is 0 Å². The Morgan fingerprint density at radius 1 is 1.20 bits per heavy atom. The number of sulfone groups is 1. The summed E-state index contributed by atoms with van der Waals surface area (Å²) in [4.78, 5) is 0. The molecule has 2 rings (SSSR count). The zero-order valence-corrected chi connectivity index (χ0v) is 11.3. The van der Waals surface area contributed by atoms with Crippen LogP contribution in [0.2, 0.25) is 0 Å². The SMILES string of the molecule is CC1=C(C)[C@]2(C)C(C)[C@@]1(C)S(=O)(=O)[C@@H]2Cl. The molecule has 0 N–H and O–H groups in total. The third-order valence-corrected chi connectivity index (χ3v) is 9.21. The van der Waals surface area contributed by atoms with E-state index in [1.807, 2.05) is 34.6 Å². The summed E-state index contributed by atoms with van der Waals surface area (Å²) in [6.07, 6.45) is 0. The molecule has 4 atom stereocenters. The van der Waals surface area contributed by atoms with Gasteiger partial charge in [0.05, 0.1) is 4.75 Å². The fourth-order valence-corrected chi connectivity index (χ4v) is 7.04. The molecule has 1 aliphatic carbocycles. The Morgan fingerprint density at radius 2 is 1.67 bits per heavy atom. The van der Waals surface area contributed by atoms with Crippen molar-refractivity contribution < 1.29 is 8.42 Å². The summed E-state index contributed by atoms with van der Waals surface area (Å²) in [6.45, 7) is 9.74. The zero-order valence-electron chi connectivity index (χ0n) is 9.76. The van der Waals surface area contributed by atoms with Gasteiger partial charge in [-0.05, 0) is 26.7 Å². The van der Waals surface area contributed by atoms with Gasteiger partial charge in [-0.1, -0.05) is 25.0 Å². The third kappa shape index (κ3) is 0.836. The van der Waals surface area contributed by atoms with Crippen LogP contribution in [0, 0.1) is 11.3 Å². The van der Waals surface area contributed by atoms with E-state index in [1.165, 1.54) is 0 Å². The van der Waals surface area contributed by atoms with Gasteiger partial charge in [0, 0.05) is 5.41 Å². The topological polar surface area (TPSA) is 34.1 Å². The van der Waals surface area contributed by atoms with Gasteiger partial charge < -0.3 is 0 Å². The van der Waals surface area contributed by atoms with Gasteiger partial charge in [0.15, 0.2) is 9.84 Å². The minimum absolute atomic E-state index is 0.0671. The standard InChI is InChI=1S/C11H17ClO2S/c1-6-7(2)11(5)8(3)10(6,4)9(12)15(11,13)14/h8-9H,1-5H3/t8?,9-,10+,11-/m0/s1. The van der Waals surface area contributed by atoms with Crippen molar-refractivity contribution >= 4 is 21.4 Å². The number of halogens is 1. The molecule has 0 radical (unpaired) electrons. The van der Waals surface area contributed by atoms with Crippen molar-refractivity contribution in [2.75, 3.05) is 0 Å². The Hall–Kier alpha value is -0.0200. The maximum absolute atomic E-state index is 12.3. The van der Waals surface area contributed by atoms with Gasteiger partial charge in [0.1, 0.15) is 4.71 Å². The summed E-state index contributed by atoms with van der Waals surface area (Å²) < 4.78 is 23.0. The van der Waals surface area contributed by atoms with Crippen molar-refractivity contribution in [3.63, 3.8) is 0 Å². The highest BCUT2D eigenvalue weighted by Crippen LogP contribution is 2.66. The van der Waals surface area contributed by atoms with E-state index in [0.29, 0.717) is 0 Å². The molecule has 2 aliphatic rings. The molecule has 2 nitrogen and oxygen atoms in total. The minimum atomic E-state index is -3.25. The van der Waals surface area contributed by atoms with Gasteiger partial charge in [-0.25, -0.2) is 8.42 Å². The fraction of sp³-hybridized carbons (Fsp3) is 0.818. The lowest BCUT2D eigenvalue weighted by Gasteiger charge is -2.31. The highest BCUT2D eigenvalue weighted by molar-refractivity contribution is 7.95. The predicted molar refractivity (Wildman–Crippen MR) is 62.6 cm³/mol. The Morgan fingerprint density at radius 3 is 2.00 bits per heavy atom. The highest BCUT2D eigenvalue weighted by atomic mass is 35.5. The second kappa shape index (κ2) is 2.62. The van der Waals surface area contributed by atoms with Crippen LogP contribution in [0.3, 0.4) is 0 Å². The summed E-state index contributed by atoms with van der Waals surface area (Å²) in [5.41, 5.74) is 1.76. The lowest BCUT2D eigenvalue weighted by atomic mass is 9.76. The molecule has 1 aliphatic heterocycles. The summed E-state index contributed by atoms with van der Waals surface area (Å²) in [5, 5.41) is 0. The van der Waals surface area contributed by atoms with Crippen LogP contribution in [0.15, 0.2) is 11.1 Å². The number of alkyl halides is 1. The molecule has 1 unspecified atom stereocenters. The van der Waals surface area contributed by atoms with Gasteiger partial charge in [-0.15, -0.1) is 11.6 Å². The molecule has 1 fully saturated rings. The molecule has 0 amide bonds. The number of hydrogen-bond acceptors (Lipinski definition) is 2. The molecule has 1 heterocycles. The largest absolute Gasteiger partial charge is 0.226 e. The Balaban J connectivity index is 2.86. The second-order valence-corrected chi connectivity index (χ2v) is 8.33. The first-order chi connectivity index (χ1) is 6.62. The van der Waals surface area contributed by atoms with E-state index < -0.39 is 19.3 Å². The van der Waals surface area contributed by atoms with Crippen LogP contribution in [0.25, 0.3) is 0 Å². The van der Waals surface area contributed by atoms with E-state index >= 15 is 0 Å². The predicted octanol–water partition coefficient (Wildman–Crippen LogP) is 2.73. The molecule has 0 spiro atoms. The summed E-state index contributed by atoms with van der Waals surface area (Å²) in [5.74, 6) is 0.0671. The molecule has 0 aromatic rings. The van der Waals surface area contributed by atoms with Crippen LogP contribution >= 0.6 is 11.6 Å². The minimum Gasteiger partial charge on any atom is -0.226 e. The molecular weight excluding hydrogens is 232 g/mol. The van der Waals surface area contributed by atoms with E-state index in [-0.39, 0.29) is 11.3 Å². The van der Waals surface area contributed by atoms with E-state index in [4.69, 9.17) is 11.6 Å². The van der Waals surface area contributed by atoms with Crippen molar-refractivity contribution in [2.24, 2.45) is 11.3 Å². The van der Waals surface area contributed by atoms with Gasteiger partial charge >= 0.3 is 0 Å². The lowest BCUT2D eigenvalue weighted by Crippen LogP contribution is -2.38. The van der Waals surface area contributed by atoms with Crippen LogP contribution in [-0.4, -0.2) is 17.9 Å². The number of fused-ring (bicyclic) bond motifs is 2. The van der Waals surface area contributed by atoms with Gasteiger partial charge in [0.25, 0.3) is 0 Å². The third-order valence-electron chi connectivity index (χ3n) is 5.18. The Labute approximate surface area is 96.6 Å². The van der Waals surface area contributed by atoms with E-state index in [2.05, 4.69) is 0 Å². The maximum atomic E-state index is 12.3. The summed E-state index contributed by atoms with van der Waals surface area (Å²) in [6, 6.07) is 0. The molecular formula is C11H17ClO2S. The monoisotopic (exact) mass is 248 g/mol. The van der Waals surface area contributed by atoms with Crippen molar-refractivity contribution in [3.05, 3.63) is 11.1 Å². The average molecular weight is 249 g/mol. The lowest BCUT2D eigenvalue weighted by molar-refractivity contribution is 0.302. The Kier molecular flexibility index (Phi) is 2.00. The van der Waals surface area contributed by atoms with Crippen LogP contribution in [0.5, 0.6) is 0 Å². The summed E-state index contributed by atoms with van der Waals surface area (Å²) in [7, 11) is -3.25. The Bertz CT molecular complexity index is 465. The quantitative estimate of drug-likeness (QED) is 0.488. The van der Waals surface area contributed by atoms with Gasteiger partial charge in [0.2, 0.25) is 0 Å². The summed E-state index contributed by atoms with van der Waals surface area (Å²) >= 11 is 6.16. The van der Waals surface area contributed by atoms with Crippen molar-refractivity contribution in [1.82, 2.24) is 0 Å². The molecule has 15 heavy (non-hydrogen) atoms. The molecule has 1 saturated heterocycles. The van der Waals surface area contributed by atoms with E-state index in [9.17, 15) is 8.42 Å². The molecule has 0 saturated carbocycles. The molecule has 4 heteroatoms. The number of hydrogen-bond donors (Lipinski definition) is 0. The normalized spacial score (nSPS) is 52.7. The zero-order chi connectivity index (χ0) is 11.8. The van der Waals surface area contributed by atoms with E-state index in [1.54, 1.807) is 0 Å². The van der Waals surface area contributed by atoms with Crippen LogP contribution in [0.1, 0.15) is 34.6 Å².